The van der Waals surface area contributed by atoms with Gasteiger partial charge in [-0.15, -0.1) is 0 Å². The molecule has 0 aliphatic heterocycles. The molecule has 0 bridgehead atoms. The number of allylic oxidation sites excluding steroid dienone is 1. The largest absolute Gasteiger partial charge is 0.495 e. The molecule has 0 radical (unpaired) electrons. The predicted octanol–water partition coefficient (Wildman–Crippen LogP) is 4.68. The van der Waals surface area contributed by atoms with Crippen molar-refractivity contribution in [3.8, 4) is 5.75 Å². The SMILES string of the molecule is C=C1CCC2C3CCc4cc(NC=O)c(OC)cc4C3CC[C@]12C. The first-order valence-electron chi connectivity index (χ1n) is 9.17. The molecule has 3 heteroatoms. The first-order chi connectivity index (χ1) is 11.6. The number of benzene rings is 1. The van der Waals surface area contributed by atoms with Crippen molar-refractivity contribution in [2.45, 2.75) is 51.4 Å². The van der Waals surface area contributed by atoms with Gasteiger partial charge in [0.15, 0.2) is 0 Å². The van der Waals surface area contributed by atoms with Gasteiger partial charge in [0.05, 0.1) is 12.8 Å². The number of carbonyl (C=O) groups excluding carboxylic acids is 1. The molecule has 4 rings (SSSR count). The van der Waals surface area contributed by atoms with E-state index in [1.165, 1.54) is 48.8 Å². The number of rotatable bonds is 3. The van der Waals surface area contributed by atoms with Crippen LogP contribution in [0.1, 0.15) is 56.1 Å². The van der Waals surface area contributed by atoms with Crippen LogP contribution in [0.15, 0.2) is 24.3 Å². The Bertz CT molecular complexity index is 695. The zero-order valence-corrected chi connectivity index (χ0v) is 14.7. The van der Waals surface area contributed by atoms with Gasteiger partial charge in [0.25, 0.3) is 0 Å². The summed E-state index contributed by atoms with van der Waals surface area (Å²) in [6.45, 7) is 6.85. The maximum absolute atomic E-state index is 10.9. The lowest BCUT2D eigenvalue weighted by Crippen LogP contribution is -2.40. The summed E-state index contributed by atoms with van der Waals surface area (Å²) in [6, 6.07) is 4.31. The van der Waals surface area contributed by atoms with Crippen molar-refractivity contribution < 1.29 is 9.53 Å². The number of fused-ring (bicyclic) bond motifs is 5. The Hall–Kier alpha value is -1.77. The summed E-state index contributed by atoms with van der Waals surface area (Å²) < 4.78 is 5.53. The van der Waals surface area contributed by atoms with E-state index in [0.717, 1.165) is 36.1 Å². The molecule has 4 atom stereocenters. The molecule has 128 valence electrons. The molecule has 24 heavy (non-hydrogen) atoms. The van der Waals surface area contributed by atoms with Gasteiger partial charge < -0.3 is 10.1 Å². The number of anilines is 1. The van der Waals surface area contributed by atoms with Crippen LogP contribution >= 0.6 is 0 Å². The van der Waals surface area contributed by atoms with Crippen LogP contribution < -0.4 is 10.1 Å². The van der Waals surface area contributed by atoms with Gasteiger partial charge in [0.1, 0.15) is 5.75 Å². The summed E-state index contributed by atoms with van der Waals surface area (Å²) in [6.07, 6.45) is 8.12. The molecule has 1 amide bonds. The Labute approximate surface area is 144 Å². The Morgan fingerprint density at radius 3 is 2.88 bits per heavy atom. The minimum atomic E-state index is 0.363. The van der Waals surface area contributed by atoms with E-state index >= 15 is 0 Å². The quantitative estimate of drug-likeness (QED) is 0.647. The number of carbonyl (C=O) groups is 1. The third kappa shape index (κ3) is 2.13. The van der Waals surface area contributed by atoms with Crippen LogP contribution in [0, 0.1) is 17.3 Å². The monoisotopic (exact) mass is 325 g/mol. The second-order valence-electron chi connectivity index (χ2n) is 8.03. The van der Waals surface area contributed by atoms with E-state index in [9.17, 15) is 4.79 Å². The van der Waals surface area contributed by atoms with Crippen molar-refractivity contribution in [3.63, 3.8) is 0 Å². The Morgan fingerprint density at radius 2 is 2.12 bits per heavy atom. The van der Waals surface area contributed by atoms with Crippen molar-refractivity contribution >= 4 is 12.1 Å². The minimum Gasteiger partial charge on any atom is -0.495 e. The van der Waals surface area contributed by atoms with Gasteiger partial charge >= 0.3 is 0 Å². The summed E-state index contributed by atoms with van der Waals surface area (Å²) >= 11 is 0. The zero-order valence-electron chi connectivity index (χ0n) is 14.7. The van der Waals surface area contributed by atoms with E-state index in [-0.39, 0.29) is 0 Å². The van der Waals surface area contributed by atoms with Crippen molar-refractivity contribution in [1.29, 1.82) is 0 Å². The van der Waals surface area contributed by atoms with Crippen molar-refractivity contribution in [2.24, 2.45) is 17.3 Å². The van der Waals surface area contributed by atoms with Gasteiger partial charge in [-0.2, -0.15) is 0 Å². The van der Waals surface area contributed by atoms with Crippen LogP contribution in [0.25, 0.3) is 0 Å². The highest BCUT2D eigenvalue weighted by Crippen LogP contribution is 2.62. The van der Waals surface area contributed by atoms with E-state index in [0.29, 0.717) is 11.3 Å². The third-order valence-electron chi connectivity index (χ3n) is 7.21. The van der Waals surface area contributed by atoms with E-state index in [4.69, 9.17) is 4.74 Å². The molecule has 0 heterocycles. The lowest BCUT2D eigenvalue weighted by atomic mass is 9.55. The number of aryl methyl sites for hydroxylation is 1. The summed E-state index contributed by atoms with van der Waals surface area (Å²) in [5, 5.41) is 2.78. The Morgan fingerprint density at radius 1 is 1.29 bits per heavy atom. The first kappa shape index (κ1) is 15.7. The Balaban J connectivity index is 1.72. The second kappa shape index (κ2) is 5.65. The first-order valence-corrected chi connectivity index (χ1v) is 9.17. The fraction of sp³-hybridized carbons (Fsp3) is 0.571. The fourth-order valence-corrected chi connectivity index (χ4v) is 5.85. The minimum absolute atomic E-state index is 0.363. The summed E-state index contributed by atoms with van der Waals surface area (Å²) in [7, 11) is 1.68. The van der Waals surface area contributed by atoms with Gasteiger partial charge in [-0.05, 0) is 85.0 Å². The number of hydrogen-bond donors (Lipinski definition) is 1. The molecule has 3 aliphatic carbocycles. The van der Waals surface area contributed by atoms with E-state index in [1.807, 2.05) is 0 Å². The van der Waals surface area contributed by atoms with Crippen LogP contribution in [0.4, 0.5) is 5.69 Å². The maximum Gasteiger partial charge on any atom is 0.211 e. The highest BCUT2D eigenvalue weighted by atomic mass is 16.5. The number of methoxy groups -OCH3 is 1. The normalized spacial score (nSPS) is 34.1. The van der Waals surface area contributed by atoms with Gasteiger partial charge in [-0.1, -0.05) is 19.1 Å². The predicted molar refractivity (Wildman–Crippen MR) is 96.4 cm³/mol. The molecule has 2 saturated carbocycles. The molecule has 1 aromatic rings. The highest BCUT2D eigenvalue weighted by molar-refractivity contribution is 5.76. The number of hydrogen-bond acceptors (Lipinski definition) is 2. The van der Waals surface area contributed by atoms with Crippen LogP contribution in [0.5, 0.6) is 5.75 Å². The molecule has 0 spiro atoms. The lowest BCUT2D eigenvalue weighted by Gasteiger charge is -2.49. The summed E-state index contributed by atoms with van der Waals surface area (Å²) in [5.41, 5.74) is 5.49. The van der Waals surface area contributed by atoms with Gasteiger partial charge in [-0.3, -0.25) is 4.79 Å². The second-order valence-corrected chi connectivity index (χ2v) is 8.03. The van der Waals surface area contributed by atoms with E-state index in [1.54, 1.807) is 7.11 Å². The highest BCUT2D eigenvalue weighted by Gasteiger charge is 2.51. The van der Waals surface area contributed by atoms with Crippen LogP contribution in [-0.4, -0.2) is 13.5 Å². The van der Waals surface area contributed by atoms with Gasteiger partial charge in [0.2, 0.25) is 6.41 Å². The molecule has 1 aromatic carbocycles. The maximum atomic E-state index is 10.9. The average molecular weight is 325 g/mol. The summed E-state index contributed by atoms with van der Waals surface area (Å²) in [4.78, 5) is 10.9. The number of amides is 1. The van der Waals surface area contributed by atoms with Crippen LogP contribution in [-0.2, 0) is 11.2 Å². The van der Waals surface area contributed by atoms with Gasteiger partial charge in [0, 0.05) is 0 Å². The van der Waals surface area contributed by atoms with E-state index in [2.05, 4.69) is 31.0 Å². The molecule has 1 N–H and O–H groups in total. The van der Waals surface area contributed by atoms with Crippen LogP contribution in [0.3, 0.4) is 0 Å². The number of nitrogens with one attached hydrogen (secondary N) is 1. The number of ether oxygens (including phenoxy) is 1. The van der Waals surface area contributed by atoms with E-state index < -0.39 is 0 Å². The zero-order chi connectivity index (χ0) is 16.9. The molecular formula is C21H27NO2. The molecule has 3 aliphatic rings. The standard InChI is InChI=1S/C21H27NO2/c1-13-4-7-18-16-6-5-14-10-19(22-12-23)20(24-3)11-17(14)15(16)8-9-21(13,18)2/h10-12,15-16,18H,1,4-9H2,2-3H3,(H,22,23)/t15?,16?,18?,21-/m1/s1. The Kier molecular flexibility index (Phi) is 3.70. The third-order valence-corrected chi connectivity index (χ3v) is 7.21. The lowest BCUT2D eigenvalue weighted by molar-refractivity contribution is -0.105. The molecule has 2 fully saturated rings. The smallest absolute Gasteiger partial charge is 0.211 e. The fourth-order valence-electron chi connectivity index (χ4n) is 5.85. The molecule has 3 nitrogen and oxygen atoms in total. The molecule has 0 aromatic heterocycles. The van der Waals surface area contributed by atoms with Crippen molar-refractivity contribution in [3.05, 3.63) is 35.4 Å². The summed E-state index contributed by atoms with van der Waals surface area (Å²) in [5.74, 6) is 2.98. The molecular weight excluding hydrogens is 298 g/mol. The van der Waals surface area contributed by atoms with Crippen molar-refractivity contribution in [2.75, 3.05) is 12.4 Å². The van der Waals surface area contributed by atoms with Crippen LogP contribution in [0.2, 0.25) is 0 Å². The topological polar surface area (TPSA) is 38.3 Å². The van der Waals surface area contributed by atoms with Gasteiger partial charge in [-0.25, -0.2) is 0 Å². The molecule has 3 unspecified atom stereocenters. The average Bonchev–Trinajstić information content (AvgIpc) is 2.89. The van der Waals surface area contributed by atoms with Crippen molar-refractivity contribution in [1.82, 2.24) is 0 Å². The molecule has 0 saturated heterocycles.